The molecule has 1 aromatic carbocycles. The first-order valence-electron chi connectivity index (χ1n) is 5.51. The third-order valence-electron chi connectivity index (χ3n) is 2.60. The monoisotopic (exact) mass is 259 g/mol. The topological polar surface area (TPSA) is 39.9 Å². The lowest BCUT2D eigenvalue weighted by Crippen LogP contribution is -2.22. The van der Waals surface area contributed by atoms with Gasteiger partial charge in [-0.2, -0.15) is 13.2 Å². The number of aromatic nitrogens is 3. The SMILES string of the molecule is CCC(C)On1nnc2ccc(C(F)(F)F)cc21. The number of alkyl halides is 3. The van der Waals surface area contributed by atoms with Gasteiger partial charge in [-0.05, 0) is 36.8 Å². The zero-order valence-electron chi connectivity index (χ0n) is 9.90. The van der Waals surface area contributed by atoms with E-state index in [9.17, 15) is 13.2 Å². The molecule has 0 radical (unpaired) electrons. The number of halogens is 3. The van der Waals surface area contributed by atoms with Gasteiger partial charge in [0, 0.05) is 0 Å². The molecule has 0 saturated carbocycles. The molecule has 0 aliphatic rings. The Kier molecular flexibility index (Phi) is 3.14. The van der Waals surface area contributed by atoms with Gasteiger partial charge >= 0.3 is 6.18 Å². The van der Waals surface area contributed by atoms with Crippen LogP contribution in [-0.4, -0.2) is 21.3 Å². The number of hydrogen-bond donors (Lipinski definition) is 0. The zero-order valence-corrected chi connectivity index (χ0v) is 9.90. The largest absolute Gasteiger partial charge is 0.416 e. The van der Waals surface area contributed by atoms with Crippen LogP contribution in [0.2, 0.25) is 0 Å². The molecule has 1 heterocycles. The zero-order chi connectivity index (χ0) is 13.3. The molecule has 0 N–H and O–H groups in total. The van der Waals surface area contributed by atoms with Gasteiger partial charge in [0.15, 0.2) is 0 Å². The molecule has 98 valence electrons. The van der Waals surface area contributed by atoms with Crippen molar-refractivity contribution in [1.82, 2.24) is 15.2 Å². The molecule has 2 aromatic rings. The van der Waals surface area contributed by atoms with Crippen LogP contribution in [0.5, 0.6) is 0 Å². The Morgan fingerprint density at radius 2 is 2.11 bits per heavy atom. The minimum Gasteiger partial charge on any atom is -0.392 e. The molecule has 0 aliphatic heterocycles. The lowest BCUT2D eigenvalue weighted by molar-refractivity contribution is -0.137. The Morgan fingerprint density at radius 3 is 2.72 bits per heavy atom. The van der Waals surface area contributed by atoms with E-state index in [1.165, 1.54) is 6.07 Å². The Bertz CT molecular complexity index is 550. The molecule has 1 aromatic heterocycles. The normalized spacial score (nSPS) is 13.8. The molecular formula is C11H12F3N3O. The third-order valence-corrected chi connectivity index (χ3v) is 2.60. The summed E-state index contributed by atoms with van der Waals surface area (Å²) in [5.41, 5.74) is -0.164. The number of nitrogens with zero attached hydrogens (tertiary/aromatic N) is 3. The van der Waals surface area contributed by atoms with E-state index in [0.29, 0.717) is 5.52 Å². The maximum atomic E-state index is 12.6. The summed E-state index contributed by atoms with van der Waals surface area (Å²) in [7, 11) is 0. The van der Waals surface area contributed by atoms with Crippen LogP contribution in [0.1, 0.15) is 25.8 Å². The quantitative estimate of drug-likeness (QED) is 0.850. The van der Waals surface area contributed by atoms with Crippen molar-refractivity contribution < 1.29 is 18.0 Å². The van der Waals surface area contributed by atoms with Crippen molar-refractivity contribution in [3.05, 3.63) is 23.8 Å². The van der Waals surface area contributed by atoms with E-state index in [-0.39, 0.29) is 11.6 Å². The average molecular weight is 259 g/mol. The van der Waals surface area contributed by atoms with Gasteiger partial charge in [-0.3, -0.25) is 0 Å². The Balaban J connectivity index is 2.43. The average Bonchev–Trinajstić information content (AvgIpc) is 2.70. The fraction of sp³-hybridized carbons (Fsp3) is 0.455. The summed E-state index contributed by atoms with van der Waals surface area (Å²) < 4.78 is 37.8. The molecule has 0 aliphatic carbocycles. The van der Waals surface area contributed by atoms with Crippen molar-refractivity contribution in [3.8, 4) is 0 Å². The number of fused-ring (bicyclic) bond motifs is 1. The van der Waals surface area contributed by atoms with E-state index in [0.717, 1.165) is 23.4 Å². The second-order valence-electron chi connectivity index (χ2n) is 3.99. The smallest absolute Gasteiger partial charge is 0.392 e. The molecule has 2 rings (SSSR count). The minimum absolute atomic E-state index is 0.149. The van der Waals surface area contributed by atoms with Crippen LogP contribution < -0.4 is 4.84 Å². The molecule has 0 amide bonds. The van der Waals surface area contributed by atoms with Crippen molar-refractivity contribution >= 4 is 11.0 Å². The van der Waals surface area contributed by atoms with Crippen molar-refractivity contribution in [1.29, 1.82) is 0 Å². The molecule has 1 atom stereocenters. The molecule has 0 fully saturated rings. The van der Waals surface area contributed by atoms with E-state index < -0.39 is 11.7 Å². The maximum Gasteiger partial charge on any atom is 0.416 e. The van der Waals surface area contributed by atoms with Crippen molar-refractivity contribution in [3.63, 3.8) is 0 Å². The number of benzene rings is 1. The first-order valence-corrected chi connectivity index (χ1v) is 5.51. The lowest BCUT2D eigenvalue weighted by Gasteiger charge is -2.11. The summed E-state index contributed by atoms with van der Waals surface area (Å²) in [5, 5.41) is 7.43. The standard InChI is InChI=1S/C11H12F3N3O/c1-3-7(2)18-17-10-6-8(11(12,13)14)4-5-9(10)15-16-17/h4-7H,3H2,1-2H3. The minimum atomic E-state index is -4.39. The van der Waals surface area contributed by atoms with Crippen molar-refractivity contribution in [2.75, 3.05) is 0 Å². The predicted molar refractivity (Wildman–Crippen MR) is 58.9 cm³/mol. The van der Waals surface area contributed by atoms with E-state index in [1.807, 2.05) is 6.92 Å². The van der Waals surface area contributed by atoms with Gasteiger partial charge in [0.25, 0.3) is 0 Å². The fourth-order valence-electron chi connectivity index (χ4n) is 1.40. The molecule has 4 nitrogen and oxygen atoms in total. The fourth-order valence-corrected chi connectivity index (χ4v) is 1.40. The Morgan fingerprint density at radius 1 is 1.39 bits per heavy atom. The van der Waals surface area contributed by atoms with Gasteiger partial charge < -0.3 is 4.84 Å². The highest BCUT2D eigenvalue weighted by atomic mass is 19.4. The summed E-state index contributed by atoms with van der Waals surface area (Å²) in [6.45, 7) is 3.71. The molecule has 7 heteroatoms. The molecule has 0 bridgehead atoms. The van der Waals surface area contributed by atoms with Crippen molar-refractivity contribution in [2.24, 2.45) is 0 Å². The van der Waals surface area contributed by atoms with E-state index in [4.69, 9.17) is 4.84 Å². The van der Waals surface area contributed by atoms with Crippen LogP contribution in [0.25, 0.3) is 11.0 Å². The van der Waals surface area contributed by atoms with E-state index in [2.05, 4.69) is 10.3 Å². The van der Waals surface area contributed by atoms with Crippen molar-refractivity contribution in [2.45, 2.75) is 32.5 Å². The van der Waals surface area contributed by atoms with Crippen LogP contribution in [0, 0.1) is 0 Å². The summed E-state index contributed by atoms with van der Waals surface area (Å²) in [6, 6.07) is 3.24. The third kappa shape index (κ3) is 2.39. The van der Waals surface area contributed by atoms with E-state index >= 15 is 0 Å². The summed E-state index contributed by atoms with van der Waals surface area (Å²) >= 11 is 0. The summed E-state index contributed by atoms with van der Waals surface area (Å²) in [4.78, 5) is 6.40. The number of rotatable bonds is 3. The lowest BCUT2D eigenvalue weighted by atomic mass is 10.2. The first kappa shape index (κ1) is 12.7. The second kappa shape index (κ2) is 4.47. The highest BCUT2D eigenvalue weighted by molar-refractivity contribution is 5.74. The van der Waals surface area contributed by atoms with E-state index in [1.54, 1.807) is 6.92 Å². The molecule has 1 unspecified atom stereocenters. The summed E-state index contributed by atoms with van der Waals surface area (Å²) in [6.07, 6.45) is -3.82. The molecule has 0 spiro atoms. The van der Waals surface area contributed by atoms with Gasteiger partial charge in [0.1, 0.15) is 17.1 Å². The van der Waals surface area contributed by atoms with Gasteiger partial charge in [0.05, 0.1) is 5.56 Å². The molecular weight excluding hydrogens is 247 g/mol. The van der Waals surface area contributed by atoms with Gasteiger partial charge in [-0.15, -0.1) is 5.10 Å². The van der Waals surface area contributed by atoms with Crippen LogP contribution in [0.15, 0.2) is 18.2 Å². The van der Waals surface area contributed by atoms with Crippen LogP contribution in [0.3, 0.4) is 0 Å². The van der Waals surface area contributed by atoms with Crippen LogP contribution in [-0.2, 0) is 6.18 Å². The highest BCUT2D eigenvalue weighted by Gasteiger charge is 2.31. The molecule has 0 saturated heterocycles. The number of hydrogen-bond acceptors (Lipinski definition) is 3. The second-order valence-corrected chi connectivity index (χ2v) is 3.99. The van der Waals surface area contributed by atoms with Gasteiger partial charge in [-0.25, -0.2) is 0 Å². The first-order chi connectivity index (χ1) is 8.41. The molecule has 18 heavy (non-hydrogen) atoms. The van der Waals surface area contributed by atoms with Gasteiger partial charge in [0.2, 0.25) is 0 Å². The Labute approximate surface area is 101 Å². The maximum absolute atomic E-state index is 12.6. The predicted octanol–water partition coefficient (Wildman–Crippen LogP) is 2.68. The Hall–Kier alpha value is -1.79. The van der Waals surface area contributed by atoms with Crippen LogP contribution in [0.4, 0.5) is 13.2 Å². The highest BCUT2D eigenvalue weighted by Crippen LogP contribution is 2.30. The summed E-state index contributed by atoms with van der Waals surface area (Å²) in [5.74, 6) is 0. The van der Waals surface area contributed by atoms with Gasteiger partial charge in [-0.1, -0.05) is 11.8 Å². The van der Waals surface area contributed by atoms with Crippen LogP contribution >= 0.6 is 0 Å².